The van der Waals surface area contributed by atoms with Crippen LogP contribution in [-0.4, -0.2) is 17.7 Å². The lowest BCUT2D eigenvalue weighted by Gasteiger charge is -2.11. The van der Waals surface area contributed by atoms with Gasteiger partial charge in [-0.1, -0.05) is 18.2 Å². The Morgan fingerprint density at radius 3 is 2.95 bits per heavy atom. The molecule has 0 unspecified atom stereocenters. The van der Waals surface area contributed by atoms with Crippen molar-refractivity contribution >= 4 is 11.7 Å². The second kappa shape index (κ2) is 5.48. The molecule has 2 N–H and O–H groups in total. The van der Waals surface area contributed by atoms with Gasteiger partial charge in [-0.2, -0.15) is 0 Å². The molecule has 2 aromatic carbocycles. The lowest BCUT2D eigenvalue weighted by Crippen LogP contribution is -2.04. The third-order valence-electron chi connectivity index (χ3n) is 3.72. The molecule has 108 valence electrons. The predicted molar refractivity (Wildman–Crippen MR) is 81.1 cm³/mol. The van der Waals surface area contributed by atoms with E-state index >= 15 is 0 Å². The molecular weight excluding hydrogens is 266 g/mol. The molecule has 0 spiro atoms. The van der Waals surface area contributed by atoms with Crippen LogP contribution in [0.1, 0.15) is 27.0 Å². The van der Waals surface area contributed by atoms with E-state index in [4.69, 9.17) is 9.84 Å². The summed E-state index contributed by atoms with van der Waals surface area (Å²) < 4.78 is 5.49. The summed E-state index contributed by atoms with van der Waals surface area (Å²) in [6.45, 7) is 3.38. The second-order valence-corrected chi connectivity index (χ2v) is 5.23. The smallest absolute Gasteiger partial charge is 0.335 e. The summed E-state index contributed by atoms with van der Waals surface area (Å²) in [5.74, 6) is 0.0653. The van der Waals surface area contributed by atoms with Gasteiger partial charge in [0, 0.05) is 18.7 Å². The van der Waals surface area contributed by atoms with Crippen LogP contribution in [-0.2, 0) is 13.0 Å². The fourth-order valence-electron chi connectivity index (χ4n) is 2.49. The SMILES string of the molecule is Cc1ccc(C(=O)O)cc1NCc1ccc2c(c1)CCO2. The summed E-state index contributed by atoms with van der Waals surface area (Å²) in [5, 5.41) is 12.4. The molecule has 0 fully saturated rings. The highest BCUT2D eigenvalue weighted by Crippen LogP contribution is 2.26. The van der Waals surface area contributed by atoms with Gasteiger partial charge in [0.1, 0.15) is 5.75 Å². The minimum atomic E-state index is -0.910. The van der Waals surface area contributed by atoms with Crippen LogP contribution in [0.4, 0.5) is 5.69 Å². The van der Waals surface area contributed by atoms with E-state index in [1.165, 1.54) is 11.1 Å². The maximum absolute atomic E-state index is 11.0. The summed E-state index contributed by atoms with van der Waals surface area (Å²) in [7, 11) is 0. The monoisotopic (exact) mass is 283 g/mol. The molecule has 0 saturated carbocycles. The molecule has 4 heteroatoms. The number of benzene rings is 2. The fraction of sp³-hybridized carbons (Fsp3) is 0.235. The molecule has 0 aliphatic carbocycles. The first-order chi connectivity index (χ1) is 10.1. The van der Waals surface area contributed by atoms with Crippen molar-refractivity contribution in [2.45, 2.75) is 19.9 Å². The zero-order valence-electron chi connectivity index (χ0n) is 11.8. The Balaban J connectivity index is 1.75. The maximum atomic E-state index is 11.0. The predicted octanol–water partition coefficient (Wildman–Crippen LogP) is 3.24. The van der Waals surface area contributed by atoms with Crippen molar-refractivity contribution in [3.63, 3.8) is 0 Å². The Kier molecular flexibility index (Phi) is 3.52. The van der Waals surface area contributed by atoms with Crippen LogP contribution in [0.2, 0.25) is 0 Å². The quantitative estimate of drug-likeness (QED) is 0.904. The topological polar surface area (TPSA) is 58.6 Å². The minimum Gasteiger partial charge on any atom is -0.493 e. The highest BCUT2D eigenvalue weighted by molar-refractivity contribution is 5.89. The zero-order valence-corrected chi connectivity index (χ0v) is 11.8. The van der Waals surface area contributed by atoms with E-state index in [2.05, 4.69) is 11.4 Å². The largest absolute Gasteiger partial charge is 0.493 e. The molecule has 0 bridgehead atoms. The summed E-state index contributed by atoms with van der Waals surface area (Å²) >= 11 is 0. The summed E-state index contributed by atoms with van der Waals surface area (Å²) in [4.78, 5) is 11.0. The van der Waals surface area contributed by atoms with Crippen LogP contribution >= 0.6 is 0 Å². The zero-order chi connectivity index (χ0) is 14.8. The average Bonchev–Trinajstić information content (AvgIpc) is 2.93. The van der Waals surface area contributed by atoms with Crippen molar-refractivity contribution in [2.75, 3.05) is 11.9 Å². The van der Waals surface area contributed by atoms with E-state index in [1.54, 1.807) is 12.1 Å². The molecule has 21 heavy (non-hydrogen) atoms. The van der Waals surface area contributed by atoms with Crippen LogP contribution < -0.4 is 10.1 Å². The lowest BCUT2D eigenvalue weighted by atomic mass is 10.1. The lowest BCUT2D eigenvalue weighted by molar-refractivity contribution is 0.0697. The highest BCUT2D eigenvalue weighted by Gasteiger charge is 2.12. The van der Waals surface area contributed by atoms with Gasteiger partial charge in [0.2, 0.25) is 0 Å². The summed E-state index contributed by atoms with van der Waals surface area (Å²) in [6, 6.07) is 11.3. The number of hydrogen-bond acceptors (Lipinski definition) is 3. The Labute approximate surface area is 123 Å². The number of nitrogens with one attached hydrogen (secondary N) is 1. The molecule has 1 heterocycles. The Morgan fingerprint density at radius 1 is 1.29 bits per heavy atom. The molecule has 0 saturated heterocycles. The van der Waals surface area contributed by atoms with Crippen LogP contribution in [0, 0.1) is 6.92 Å². The van der Waals surface area contributed by atoms with E-state index in [0.29, 0.717) is 12.1 Å². The molecular formula is C17H17NO3. The molecule has 0 amide bonds. The normalized spacial score (nSPS) is 12.6. The summed E-state index contributed by atoms with van der Waals surface area (Å²) in [5.41, 5.74) is 4.59. The standard InChI is InChI=1S/C17H17NO3/c1-11-2-4-14(17(19)20)9-15(11)18-10-12-3-5-16-13(8-12)6-7-21-16/h2-5,8-9,18H,6-7,10H2,1H3,(H,19,20). The van der Waals surface area contributed by atoms with Crippen molar-refractivity contribution in [2.24, 2.45) is 0 Å². The first-order valence-electron chi connectivity index (χ1n) is 6.96. The molecule has 1 aliphatic heterocycles. The number of rotatable bonds is 4. The fourth-order valence-corrected chi connectivity index (χ4v) is 2.49. The first kappa shape index (κ1) is 13.5. The van der Waals surface area contributed by atoms with Crippen molar-refractivity contribution in [3.05, 3.63) is 58.7 Å². The number of ether oxygens (including phenoxy) is 1. The third kappa shape index (κ3) is 2.84. The van der Waals surface area contributed by atoms with Crippen LogP contribution in [0.3, 0.4) is 0 Å². The molecule has 1 aliphatic rings. The molecule has 3 rings (SSSR count). The Hall–Kier alpha value is -2.49. The van der Waals surface area contributed by atoms with Gasteiger partial charge in [0.05, 0.1) is 12.2 Å². The van der Waals surface area contributed by atoms with Crippen molar-refractivity contribution < 1.29 is 14.6 Å². The van der Waals surface area contributed by atoms with Crippen molar-refractivity contribution in [3.8, 4) is 5.75 Å². The van der Waals surface area contributed by atoms with Gasteiger partial charge < -0.3 is 15.2 Å². The van der Waals surface area contributed by atoms with Gasteiger partial charge >= 0.3 is 5.97 Å². The number of aromatic carboxylic acids is 1. The van der Waals surface area contributed by atoms with E-state index < -0.39 is 5.97 Å². The van der Waals surface area contributed by atoms with Crippen LogP contribution in [0.25, 0.3) is 0 Å². The molecule has 0 radical (unpaired) electrons. The number of anilines is 1. The number of fused-ring (bicyclic) bond motifs is 1. The average molecular weight is 283 g/mol. The van der Waals surface area contributed by atoms with E-state index in [0.717, 1.165) is 30.0 Å². The van der Waals surface area contributed by atoms with Crippen LogP contribution in [0.15, 0.2) is 36.4 Å². The van der Waals surface area contributed by atoms with Crippen molar-refractivity contribution in [1.82, 2.24) is 0 Å². The van der Waals surface area contributed by atoms with Gasteiger partial charge in [0.25, 0.3) is 0 Å². The number of aryl methyl sites for hydroxylation is 1. The van der Waals surface area contributed by atoms with Gasteiger partial charge in [-0.3, -0.25) is 0 Å². The second-order valence-electron chi connectivity index (χ2n) is 5.23. The first-order valence-corrected chi connectivity index (χ1v) is 6.96. The molecule has 0 atom stereocenters. The minimum absolute atomic E-state index is 0.297. The maximum Gasteiger partial charge on any atom is 0.335 e. The van der Waals surface area contributed by atoms with Gasteiger partial charge in [-0.15, -0.1) is 0 Å². The number of carboxylic acid groups (broad SMARTS) is 1. The number of carboxylic acids is 1. The Bertz CT molecular complexity index is 694. The number of hydrogen-bond donors (Lipinski definition) is 2. The van der Waals surface area contributed by atoms with E-state index in [-0.39, 0.29) is 0 Å². The van der Waals surface area contributed by atoms with Gasteiger partial charge in [0.15, 0.2) is 0 Å². The van der Waals surface area contributed by atoms with Gasteiger partial charge in [-0.05, 0) is 41.8 Å². The molecule has 0 aromatic heterocycles. The van der Waals surface area contributed by atoms with E-state index in [1.807, 2.05) is 25.1 Å². The summed E-state index contributed by atoms with van der Waals surface area (Å²) in [6.07, 6.45) is 0.955. The van der Waals surface area contributed by atoms with Crippen LogP contribution in [0.5, 0.6) is 5.75 Å². The van der Waals surface area contributed by atoms with E-state index in [9.17, 15) is 4.79 Å². The Morgan fingerprint density at radius 2 is 2.14 bits per heavy atom. The molecule has 4 nitrogen and oxygen atoms in total. The number of carbonyl (C=O) groups is 1. The van der Waals surface area contributed by atoms with Gasteiger partial charge in [-0.25, -0.2) is 4.79 Å². The van der Waals surface area contributed by atoms with Crippen molar-refractivity contribution in [1.29, 1.82) is 0 Å². The molecule has 2 aromatic rings. The third-order valence-corrected chi connectivity index (χ3v) is 3.72. The highest BCUT2D eigenvalue weighted by atomic mass is 16.5.